The van der Waals surface area contributed by atoms with Crippen LogP contribution in [0.3, 0.4) is 0 Å². The van der Waals surface area contributed by atoms with Crippen molar-refractivity contribution >= 4 is 49.6 Å². The van der Waals surface area contributed by atoms with Gasteiger partial charge in [-0.1, -0.05) is 22.0 Å². The molecule has 1 amide bonds. The minimum absolute atomic E-state index is 0.0934. The van der Waals surface area contributed by atoms with Gasteiger partial charge in [-0.25, -0.2) is 17.9 Å². The fraction of sp³-hybridized carbons (Fsp3) is 0.214. The van der Waals surface area contributed by atoms with Gasteiger partial charge in [-0.2, -0.15) is 0 Å². The van der Waals surface area contributed by atoms with Crippen LogP contribution in [0.5, 0.6) is 0 Å². The Hall–Kier alpha value is -3.47. The quantitative estimate of drug-likeness (QED) is 0.275. The number of furan rings is 1. The van der Waals surface area contributed by atoms with Gasteiger partial charge in [-0.3, -0.25) is 9.69 Å². The smallest absolute Gasteiger partial charge is 0.340 e. The van der Waals surface area contributed by atoms with E-state index in [0.717, 1.165) is 15.6 Å². The lowest BCUT2D eigenvalue weighted by atomic mass is 10.1. The van der Waals surface area contributed by atoms with Crippen LogP contribution in [0.1, 0.15) is 36.5 Å². The number of ether oxygens (including phenoxy) is 1. The Labute approximate surface area is 230 Å². The number of benzene rings is 2. The molecule has 8 nitrogen and oxygen atoms in total. The summed E-state index contributed by atoms with van der Waals surface area (Å²) in [6.07, 6.45) is 1.48. The lowest BCUT2D eigenvalue weighted by Gasteiger charge is -2.19. The van der Waals surface area contributed by atoms with E-state index in [1.165, 1.54) is 23.1 Å². The number of nitrogens with zero attached hydrogens (tertiary/aromatic N) is 1. The number of allylic oxidation sites excluding steroid dienone is 1. The molecular formula is C28H27BrN2O6S. The zero-order chi connectivity index (χ0) is 27.6. The minimum atomic E-state index is -3.75. The fourth-order valence-corrected chi connectivity index (χ4v) is 5.29. The van der Waals surface area contributed by atoms with Crippen LogP contribution in [-0.4, -0.2) is 26.9 Å². The molecule has 0 saturated heterocycles. The molecule has 1 aliphatic heterocycles. The van der Waals surface area contributed by atoms with E-state index in [4.69, 9.17) is 9.15 Å². The van der Waals surface area contributed by atoms with E-state index in [9.17, 15) is 18.0 Å². The number of esters is 1. The predicted molar refractivity (Wildman–Crippen MR) is 148 cm³/mol. The number of anilines is 1. The highest BCUT2D eigenvalue weighted by molar-refractivity contribution is 9.10. The summed E-state index contributed by atoms with van der Waals surface area (Å²) in [5.74, 6) is -0.359. The van der Waals surface area contributed by atoms with Crippen molar-refractivity contribution < 1.29 is 27.2 Å². The van der Waals surface area contributed by atoms with Crippen molar-refractivity contribution in [3.63, 3.8) is 0 Å². The number of nitrogens with one attached hydrogen (secondary N) is 1. The molecule has 1 aromatic heterocycles. The van der Waals surface area contributed by atoms with E-state index in [0.29, 0.717) is 22.9 Å². The van der Waals surface area contributed by atoms with Crippen molar-refractivity contribution in [3.8, 4) is 0 Å². The summed E-state index contributed by atoms with van der Waals surface area (Å²) in [5.41, 5.74) is 3.49. The number of halogens is 1. The van der Waals surface area contributed by atoms with Crippen LogP contribution in [0.4, 0.5) is 5.69 Å². The maximum atomic E-state index is 13.6. The summed E-state index contributed by atoms with van der Waals surface area (Å²) in [7, 11) is -3.75. The minimum Gasteiger partial charge on any atom is -0.462 e. The molecule has 2 heterocycles. The first-order chi connectivity index (χ1) is 18.0. The molecular weight excluding hydrogens is 572 g/mol. The molecule has 1 N–H and O–H groups in total. The van der Waals surface area contributed by atoms with Gasteiger partial charge in [0.25, 0.3) is 5.91 Å². The summed E-state index contributed by atoms with van der Waals surface area (Å²) in [4.78, 5) is 28.0. The van der Waals surface area contributed by atoms with Gasteiger partial charge in [0.15, 0.2) is 0 Å². The SMILES string of the molecule is CCOC(=O)C1=C(C)N(c2ccc(C)c(C)c2)C(=O)/C1=C/c1ccc(CNS(=O)(=O)c2ccc(Br)cc2)o1. The van der Waals surface area contributed by atoms with E-state index < -0.39 is 16.0 Å². The van der Waals surface area contributed by atoms with E-state index >= 15 is 0 Å². The highest BCUT2D eigenvalue weighted by Gasteiger charge is 2.38. The van der Waals surface area contributed by atoms with Crippen LogP contribution in [0.15, 0.2) is 85.2 Å². The van der Waals surface area contributed by atoms with E-state index in [-0.39, 0.29) is 35.1 Å². The lowest BCUT2D eigenvalue weighted by molar-refractivity contribution is -0.138. The predicted octanol–water partition coefficient (Wildman–Crippen LogP) is 5.40. The van der Waals surface area contributed by atoms with E-state index in [1.807, 2.05) is 32.0 Å². The third kappa shape index (κ3) is 5.67. The molecule has 10 heteroatoms. The summed E-state index contributed by atoms with van der Waals surface area (Å²) >= 11 is 3.28. The summed E-state index contributed by atoms with van der Waals surface area (Å²) in [5, 5.41) is 0. The summed E-state index contributed by atoms with van der Waals surface area (Å²) < 4.78 is 39.5. The molecule has 0 atom stereocenters. The Balaban J connectivity index is 1.62. The van der Waals surface area contributed by atoms with Gasteiger partial charge in [-0.05, 0) is 93.4 Å². The van der Waals surface area contributed by atoms with Crippen LogP contribution in [-0.2, 0) is 30.9 Å². The molecule has 0 unspecified atom stereocenters. The summed E-state index contributed by atoms with van der Waals surface area (Å²) in [6, 6.07) is 15.1. The Morgan fingerprint density at radius 3 is 2.42 bits per heavy atom. The van der Waals surface area contributed by atoms with Crippen LogP contribution >= 0.6 is 15.9 Å². The number of carbonyl (C=O) groups excluding carboxylic acids is 2. The first-order valence-electron chi connectivity index (χ1n) is 11.9. The van der Waals surface area contributed by atoms with Crippen LogP contribution in [0.2, 0.25) is 0 Å². The van der Waals surface area contributed by atoms with E-state index in [2.05, 4.69) is 20.7 Å². The van der Waals surface area contributed by atoms with Crippen LogP contribution in [0.25, 0.3) is 6.08 Å². The molecule has 2 aromatic carbocycles. The fourth-order valence-electron chi connectivity index (χ4n) is 4.03. The zero-order valence-corrected chi connectivity index (χ0v) is 23.8. The number of sulfonamides is 1. The van der Waals surface area contributed by atoms with Gasteiger partial charge in [0.1, 0.15) is 11.5 Å². The molecule has 0 saturated carbocycles. The molecule has 0 spiro atoms. The number of aryl methyl sites for hydroxylation is 2. The van der Waals surface area contributed by atoms with Crippen molar-refractivity contribution in [3.05, 3.63) is 98.6 Å². The van der Waals surface area contributed by atoms with Crippen LogP contribution in [0, 0.1) is 13.8 Å². The van der Waals surface area contributed by atoms with Gasteiger partial charge >= 0.3 is 5.97 Å². The molecule has 198 valence electrons. The molecule has 0 fully saturated rings. The average Bonchev–Trinajstić information content (AvgIpc) is 3.42. The highest BCUT2D eigenvalue weighted by Crippen LogP contribution is 2.36. The van der Waals surface area contributed by atoms with Crippen molar-refractivity contribution in [2.75, 3.05) is 11.5 Å². The van der Waals surface area contributed by atoms with Gasteiger partial charge < -0.3 is 9.15 Å². The number of carbonyl (C=O) groups is 2. The second-order valence-corrected chi connectivity index (χ2v) is 11.4. The van der Waals surface area contributed by atoms with Crippen molar-refractivity contribution in [2.45, 2.75) is 39.1 Å². The molecule has 3 aromatic rings. The average molecular weight is 600 g/mol. The van der Waals surface area contributed by atoms with Gasteiger partial charge in [-0.15, -0.1) is 0 Å². The van der Waals surface area contributed by atoms with Crippen molar-refractivity contribution in [1.82, 2.24) is 4.72 Å². The Kier molecular flexibility index (Phi) is 8.05. The second-order valence-electron chi connectivity index (χ2n) is 8.73. The normalized spacial score (nSPS) is 15.0. The maximum Gasteiger partial charge on any atom is 0.340 e. The van der Waals surface area contributed by atoms with E-state index in [1.54, 1.807) is 38.1 Å². The Morgan fingerprint density at radius 1 is 1.05 bits per heavy atom. The Morgan fingerprint density at radius 2 is 1.76 bits per heavy atom. The third-order valence-electron chi connectivity index (χ3n) is 6.16. The molecule has 0 aliphatic carbocycles. The molecule has 4 rings (SSSR count). The third-order valence-corrected chi connectivity index (χ3v) is 8.10. The Bertz CT molecular complexity index is 1570. The number of hydrogen-bond acceptors (Lipinski definition) is 6. The van der Waals surface area contributed by atoms with Crippen LogP contribution < -0.4 is 9.62 Å². The number of rotatable bonds is 8. The number of hydrogen-bond donors (Lipinski definition) is 1. The lowest BCUT2D eigenvalue weighted by Crippen LogP contribution is -2.24. The first kappa shape index (κ1) is 27.6. The van der Waals surface area contributed by atoms with Crippen molar-refractivity contribution in [2.24, 2.45) is 0 Å². The van der Waals surface area contributed by atoms with Gasteiger partial charge in [0.05, 0.1) is 29.2 Å². The largest absolute Gasteiger partial charge is 0.462 e. The first-order valence-corrected chi connectivity index (χ1v) is 14.1. The maximum absolute atomic E-state index is 13.6. The monoisotopic (exact) mass is 598 g/mol. The second kappa shape index (κ2) is 11.1. The topological polar surface area (TPSA) is 106 Å². The molecule has 0 bridgehead atoms. The highest BCUT2D eigenvalue weighted by atomic mass is 79.9. The summed E-state index contributed by atoms with van der Waals surface area (Å²) in [6.45, 7) is 7.40. The van der Waals surface area contributed by atoms with Crippen molar-refractivity contribution in [1.29, 1.82) is 0 Å². The zero-order valence-electron chi connectivity index (χ0n) is 21.4. The standard InChI is InChI=1S/C28H27BrN2O6S/c1-5-36-28(33)26-19(4)31(21-9-6-17(2)18(3)14-21)27(32)25(26)15-22-10-11-23(37-22)16-30-38(34,35)24-12-7-20(29)8-13-24/h6-15,30H,5,16H2,1-4H3/b25-15+. The molecule has 38 heavy (non-hydrogen) atoms. The molecule has 0 radical (unpaired) electrons. The number of amides is 1. The van der Waals surface area contributed by atoms with Gasteiger partial charge in [0, 0.05) is 15.9 Å². The van der Waals surface area contributed by atoms with Gasteiger partial charge in [0.2, 0.25) is 10.0 Å². The molecule has 1 aliphatic rings.